The normalized spacial score (nSPS) is 14.1. The van der Waals surface area contributed by atoms with Crippen LogP contribution in [0.4, 0.5) is 4.39 Å². The number of hydrogen-bond acceptors (Lipinski definition) is 3. The zero-order chi connectivity index (χ0) is 19.2. The fourth-order valence-corrected chi connectivity index (χ4v) is 3.04. The van der Waals surface area contributed by atoms with Crippen LogP contribution >= 0.6 is 0 Å². The van der Waals surface area contributed by atoms with Gasteiger partial charge in [-0.15, -0.1) is 0 Å². The SMILES string of the molecule is Cc1ccccc1OCC(=O)N1CCN(C(=O)Cc2ccc(F)cc2)CC1. The standard InChI is InChI=1S/C21H23FN2O3/c1-16-4-2-3-5-19(16)27-15-21(26)24-12-10-23(11-13-24)20(25)14-17-6-8-18(22)9-7-17/h2-9H,10-15H2,1H3. The summed E-state index contributed by atoms with van der Waals surface area (Å²) in [7, 11) is 0. The largest absolute Gasteiger partial charge is 0.484 e. The van der Waals surface area contributed by atoms with Gasteiger partial charge in [-0.3, -0.25) is 9.59 Å². The van der Waals surface area contributed by atoms with E-state index in [4.69, 9.17) is 4.74 Å². The third-order valence-electron chi connectivity index (χ3n) is 4.70. The first-order chi connectivity index (χ1) is 13.0. The molecule has 0 bridgehead atoms. The van der Waals surface area contributed by atoms with Crippen LogP contribution in [-0.2, 0) is 16.0 Å². The maximum Gasteiger partial charge on any atom is 0.260 e. The highest BCUT2D eigenvalue weighted by molar-refractivity contribution is 5.80. The first kappa shape index (κ1) is 18.9. The Morgan fingerprint density at radius 2 is 1.52 bits per heavy atom. The number of para-hydroxylation sites is 1. The summed E-state index contributed by atoms with van der Waals surface area (Å²) in [5.74, 6) is 0.305. The van der Waals surface area contributed by atoms with Crippen molar-refractivity contribution in [3.63, 3.8) is 0 Å². The van der Waals surface area contributed by atoms with Crippen LogP contribution in [0.15, 0.2) is 48.5 Å². The van der Waals surface area contributed by atoms with E-state index < -0.39 is 0 Å². The Kier molecular flexibility index (Phi) is 6.06. The van der Waals surface area contributed by atoms with Crippen LogP contribution in [0.5, 0.6) is 5.75 Å². The molecule has 2 aromatic carbocycles. The van der Waals surface area contributed by atoms with Gasteiger partial charge in [-0.2, -0.15) is 0 Å². The molecule has 0 aliphatic carbocycles. The lowest BCUT2D eigenvalue weighted by Crippen LogP contribution is -2.52. The van der Waals surface area contributed by atoms with Crippen molar-refractivity contribution in [3.8, 4) is 5.75 Å². The molecule has 142 valence electrons. The molecule has 5 nitrogen and oxygen atoms in total. The number of benzene rings is 2. The van der Waals surface area contributed by atoms with Crippen LogP contribution < -0.4 is 4.74 Å². The van der Waals surface area contributed by atoms with Gasteiger partial charge in [0, 0.05) is 26.2 Å². The van der Waals surface area contributed by atoms with E-state index in [1.807, 2.05) is 31.2 Å². The lowest BCUT2D eigenvalue weighted by Gasteiger charge is -2.34. The summed E-state index contributed by atoms with van der Waals surface area (Å²) >= 11 is 0. The number of halogens is 1. The number of aryl methyl sites for hydroxylation is 1. The van der Waals surface area contributed by atoms with Gasteiger partial charge in [0.25, 0.3) is 5.91 Å². The Labute approximate surface area is 158 Å². The molecule has 0 saturated carbocycles. The van der Waals surface area contributed by atoms with E-state index in [0.717, 1.165) is 11.1 Å². The van der Waals surface area contributed by atoms with Crippen molar-refractivity contribution in [2.45, 2.75) is 13.3 Å². The molecule has 1 aliphatic heterocycles. The highest BCUT2D eigenvalue weighted by Crippen LogP contribution is 2.16. The van der Waals surface area contributed by atoms with Gasteiger partial charge in [-0.25, -0.2) is 4.39 Å². The summed E-state index contributed by atoms with van der Waals surface area (Å²) in [6.45, 7) is 3.90. The number of carbonyl (C=O) groups is 2. The number of piperazine rings is 1. The Morgan fingerprint density at radius 1 is 0.926 bits per heavy atom. The Bertz CT molecular complexity index is 799. The van der Waals surface area contributed by atoms with Gasteiger partial charge in [-0.05, 0) is 36.2 Å². The van der Waals surface area contributed by atoms with E-state index >= 15 is 0 Å². The average molecular weight is 370 g/mol. The van der Waals surface area contributed by atoms with Crippen molar-refractivity contribution in [2.24, 2.45) is 0 Å². The van der Waals surface area contributed by atoms with Crippen LogP contribution in [0, 0.1) is 12.7 Å². The lowest BCUT2D eigenvalue weighted by molar-refractivity contribution is -0.140. The van der Waals surface area contributed by atoms with Gasteiger partial charge in [0.05, 0.1) is 6.42 Å². The Hall–Kier alpha value is -2.89. The molecule has 1 saturated heterocycles. The van der Waals surface area contributed by atoms with Crippen LogP contribution in [-0.4, -0.2) is 54.4 Å². The maximum absolute atomic E-state index is 12.9. The van der Waals surface area contributed by atoms with E-state index in [1.54, 1.807) is 21.9 Å². The second-order valence-electron chi connectivity index (χ2n) is 6.62. The van der Waals surface area contributed by atoms with Gasteiger partial charge in [0.1, 0.15) is 11.6 Å². The second-order valence-corrected chi connectivity index (χ2v) is 6.62. The second kappa shape index (κ2) is 8.66. The summed E-state index contributed by atoms with van der Waals surface area (Å²) in [6, 6.07) is 13.5. The minimum atomic E-state index is -0.314. The quantitative estimate of drug-likeness (QED) is 0.812. The number of rotatable bonds is 5. The number of amides is 2. The Morgan fingerprint density at radius 3 is 2.15 bits per heavy atom. The molecule has 0 radical (unpaired) electrons. The van der Waals surface area contributed by atoms with E-state index in [9.17, 15) is 14.0 Å². The molecular weight excluding hydrogens is 347 g/mol. The third-order valence-corrected chi connectivity index (χ3v) is 4.70. The van der Waals surface area contributed by atoms with Gasteiger partial charge in [0.2, 0.25) is 5.91 Å². The van der Waals surface area contributed by atoms with Gasteiger partial charge < -0.3 is 14.5 Å². The minimum Gasteiger partial charge on any atom is -0.484 e. The molecular formula is C21H23FN2O3. The minimum absolute atomic E-state index is 0.00558. The molecule has 2 aromatic rings. The zero-order valence-electron chi connectivity index (χ0n) is 15.4. The molecule has 1 aliphatic rings. The van der Waals surface area contributed by atoms with E-state index in [2.05, 4.69) is 0 Å². The van der Waals surface area contributed by atoms with Crippen LogP contribution in [0.3, 0.4) is 0 Å². The average Bonchev–Trinajstić information content (AvgIpc) is 2.69. The number of ether oxygens (including phenoxy) is 1. The molecule has 0 N–H and O–H groups in total. The van der Waals surface area contributed by atoms with Crippen molar-refractivity contribution >= 4 is 11.8 Å². The highest BCUT2D eigenvalue weighted by Gasteiger charge is 2.24. The zero-order valence-corrected chi connectivity index (χ0v) is 15.4. The smallest absolute Gasteiger partial charge is 0.260 e. The van der Waals surface area contributed by atoms with E-state index in [1.165, 1.54) is 12.1 Å². The molecule has 3 rings (SSSR count). The monoisotopic (exact) mass is 370 g/mol. The highest BCUT2D eigenvalue weighted by atomic mass is 19.1. The van der Waals surface area contributed by atoms with Crippen molar-refractivity contribution in [1.29, 1.82) is 0 Å². The summed E-state index contributed by atoms with van der Waals surface area (Å²) in [5, 5.41) is 0. The third kappa shape index (κ3) is 5.06. The molecule has 0 unspecified atom stereocenters. The van der Waals surface area contributed by atoms with Gasteiger partial charge in [0.15, 0.2) is 6.61 Å². The van der Waals surface area contributed by atoms with Crippen molar-refractivity contribution < 1.29 is 18.7 Å². The number of carbonyl (C=O) groups excluding carboxylic acids is 2. The van der Waals surface area contributed by atoms with E-state index in [0.29, 0.717) is 31.9 Å². The molecule has 27 heavy (non-hydrogen) atoms. The molecule has 1 heterocycles. The van der Waals surface area contributed by atoms with E-state index in [-0.39, 0.29) is 30.7 Å². The van der Waals surface area contributed by atoms with Gasteiger partial charge in [-0.1, -0.05) is 30.3 Å². The number of nitrogens with zero attached hydrogens (tertiary/aromatic N) is 2. The molecule has 2 amide bonds. The first-order valence-electron chi connectivity index (χ1n) is 9.01. The van der Waals surface area contributed by atoms with Crippen LogP contribution in [0.25, 0.3) is 0 Å². The molecule has 6 heteroatoms. The van der Waals surface area contributed by atoms with Crippen molar-refractivity contribution in [1.82, 2.24) is 9.80 Å². The molecule has 1 fully saturated rings. The fraction of sp³-hybridized carbons (Fsp3) is 0.333. The number of hydrogen-bond donors (Lipinski definition) is 0. The molecule has 0 aromatic heterocycles. The fourth-order valence-electron chi connectivity index (χ4n) is 3.04. The maximum atomic E-state index is 12.9. The predicted octanol–water partition coefficient (Wildman–Crippen LogP) is 2.43. The Balaban J connectivity index is 1.45. The summed E-state index contributed by atoms with van der Waals surface area (Å²) in [5.41, 5.74) is 1.77. The van der Waals surface area contributed by atoms with Crippen molar-refractivity contribution in [3.05, 3.63) is 65.5 Å². The molecule has 0 spiro atoms. The lowest BCUT2D eigenvalue weighted by atomic mass is 10.1. The van der Waals surface area contributed by atoms with Crippen LogP contribution in [0.1, 0.15) is 11.1 Å². The first-order valence-corrected chi connectivity index (χ1v) is 9.01. The molecule has 0 atom stereocenters. The van der Waals surface area contributed by atoms with Crippen molar-refractivity contribution in [2.75, 3.05) is 32.8 Å². The topological polar surface area (TPSA) is 49.9 Å². The summed E-state index contributed by atoms with van der Waals surface area (Å²) in [6.07, 6.45) is 0.241. The predicted molar refractivity (Wildman–Crippen MR) is 99.9 cm³/mol. The van der Waals surface area contributed by atoms with Crippen LogP contribution in [0.2, 0.25) is 0 Å². The van der Waals surface area contributed by atoms with Gasteiger partial charge >= 0.3 is 0 Å². The summed E-state index contributed by atoms with van der Waals surface area (Å²) in [4.78, 5) is 28.2. The summed E-state index contributed by atoms with van der Waals surface area (Å²) < 4.78 is 18.6.